The molecule has 2 aromatic carbocycles. The first-order valence-electron chi connectivity index (χ1n) is 4.84. The number of rotatable bonds is 1. The SMILES string of the molecule is Cc1cccc(Br)c1-c1cccc(Cl)c1O. The summed E-state index contributed by atoms with van der Waals surface area (Å²) in [5.74, 6) is 0.124. The smallest absolute Gasteiger partial charge is 0.142 e. The molecule has 16 heavy (non-hydrogen) atoms. The van der Waals surface area contributed by atoms with E-state index in [1.54, 1.807) is 6.07 Å². The molecular formula is C13H10BrClO. The first kappa shape index (κ1) is 11.5. The minimum absolute atomic E-state index is 0.124. The van der Waals surface area contributed by atoms with Crippen LogP contribution < -0.4 is 0 Å². The number of hydrogen-bond acceptors (Lipinski definition) is 1. The highest BCUT2D eigenvalue weighted by atomic mass is 79.9. The number of halogens is 2. The van der Waals surface area contributed by atoms with Crippen LogP contribution in [0.5, 0.6) is 5.75 Å². The van der Waals surface area contributed by atoms with E-state index in [1.807, 2.05) is 37.3 Å². The second-order valence-electron chi connectivity index (χ2n) is 3.57. The van der Waals surface area contributed by atoms with Crippen LogP contribution in [-0.4, -0.2) is 5.11 Å². The van der Waals surface area contributed by atoms with Gasteiger partial charge in [-0.15, -0.1) is 0 Å². The van der Waals surface area contributed by atoms with Gasteiger partial charge in [-0.2, -0.15) is 0 Å². The standard InChI is InChI=1S/C13H10BrClO/c1-8-4-2-6-10(14)12(8)9-5-3-7-11(15)13(9)16/h2-7,16H,1H3. The molecule has 82 valence electrons. The molecule has 0 aliphatic rings. The summed E-state index contributed by atoms with van der Waals surface area (Å²) in [6.07, 6.45) is 0. The summed E-state index contributed by atoms with van der Waals surface area (Å²) in [5.41, 5.74) is 2.81. The minimum atomic E-state index is 0.124. The molecule has 0 saturated heterocycles. The van der Waals surface area contributed by atoms with Crippen molar-refractivity contribution in [2.45, 2.75) is 6.92 Å². The Kier molecular flexibility index (Phi) is 3.22. The van der Waals surface area contributed by atoms with Crippen LogP contribution >= 0.6 is 27.5 Å². The van der Waals surface area contributed by atoms with Crippen LogP contribution in [0.15, 0.2) is 40.9 Å². The number of para-hydroxylation sites is 1. The van der Waals surface area contributed by atoms with E-state index in [4.69, 9.17) is 11.6 Å². The maximum absolute atomic E-state index is 9.95. The summed E-state index contributed by atoms with van der Waals surface area (Å²) < 4.78 is 0.949. The Balaban J connectivity index is 2.73. The van der Waals surface area contributed by atoms with Crippen LogP contribution in [0, 0.1) is 6.92 Å². The molecule has 1 N–H and O–H groups in total. The topological polar surface area (TPSA) is 20.2 Å². The molecule has 2 rings (SSSR count). The quantitative estimate of drug-likeness (QED) is 0.803. The van der Waals surface area contributed by atoms with Crippen molar-refractivity contribution in [3.05, 3.63) is 51.5 Å². The van der Waals surface area contributed by atoms with E-state index in [1.165, 1.54) is 0 Å². The summed E-state index contributed by atoms with van der Waals surface area (Å²) in [6, 6.07) is 11.3. The fourth-order valence-corrected chi connectivity index (χ4v) is 2.54. The van der Waals surface area contributed by atoms with Crippen molar-refractivity contribution in [1.29, 1.82) is 0 Å². The average molecular weight is 298 g/mol. The monoisotopic (exact) mass is 296 g/mol. The molecule has 0 aliphatic carbocycles. The third-order valence-electron chi connectivity index (χ3n) is 2.48. The van der Waals surface area contributed by atoms with Gasteiger partial charge in [-0.3, -0.25) is 0 Å². The lowest BCUT2D eigenvalue weighted by Crippen LogP contribution is -1.86. The molecule has 0 atom stereocenters. The fraction of sp³-hybridized carbons (Fsp3) is 0.0769. The molecule has 0 fully saturated rings. The fourth-order valence-electron chi connectivity index (χ4n) is 1.69. The first-order chi connectivity index (χ1) is 7.61. The van der Waals surface area contributed by atoms with Gasteiger partial charge in [0.05, 0.1) is 5.02 Å². The molecule has 0 aromatic heterocycles. The summed E-state index contributed by atoms with van der Waals surface area (Å²) in [4.78, 5) is 0. The molecule has 0 amide bonds. The first-order valence-corrected chi connectivity index (χ1v) is 6.01. The minimum Gasteiger partial charge on any atom is -0.506 e. The van der Waals surface area contributed by atoms with E-state index in [9.17, 15) is 5.11 Å². The predicted octanol–water partition coefficient (Wildman–Crippen LogP) is 4.78. The van der Waals surface area contributed by atoms with Gasteiger partial charge in [0.1, 0.15) is 5.75 Å². The number of phenolic OH excluding ortho intramolecular Hbond substituents is 1. The Morgan fingerprint density at radius 1 is 1.12 bits per heavy atom. The zero-order valence-corrected chi connectivity index (χ0v) is 11.0. The third kappa shape index (κ3) is 1.95. The van der Waals surface area contributed by atoms with Crippen LogP contribution in [-0.2, 0) is 0 Å². The van der Waals surface area contributed by atoms with Crippen molar-refractivity contribution < 1.29 is 5.11 Å². The van der Waals surface area contributed by atoms with Crippen LogP contribution in [0.25, 0.3) is 11.1 Å². The Morgan fingerprint density at radius 2 is 1.81 bits per heavy atom. The number of phenols is 1. The van der Waals surface area contributed by atoms with Gasteiger partial charge in [-0.25, -0.2) is 0 Å². The maximum atomic E-state index is 9.95. The van der Waals surface area contributed by atoms with Crippen molar-refractivity contribution >= 4 is 27.5 Å². The number of aryl methyl sites for hydroxylation is 1. The average Bonchev–Trinajstić information content (AvgIpc) is 2.24. The molecular weight excluding hydrogens is 287 g/mol. The molecule has 0 bridgehead atoms. The highest BCUT2D eigenvalue weighted by Gasteiger charge is 2.12. The van der Waals surface area contributed by atoms with Gasteiger partial charge < -0.3 is 5.11 Å². The largest absolute Gasteiger partial charge is 0.506 e. The van der Waals surface area contributed by atoms with E-state index in [0.29, 0.717) is 5.02 Å². The molecule has 1 nitrogen and oxygen atoms in total. The van der Waals surface area contributed by atoms with Gasteiger partial charge in [0.15, 0.2) is 0 Å². The summed E-state index contributed by atoms with van der Waals surface area (Å²) in [6.45, 7) is 2.00. The van der Waals surface area contributed by atoms with Crippen LogP contribution in [0.2, 0.25) is 5.02 Å². The highest BCUT2D eigenvalue weighted by Crippen LogP contribution is 2.39. The van der Waals surface area contributed by atoms with Crippen molar-refractivity contribution in [2.24, 2.45) is 0 Å². The second kappa shape index (κ2) is 4.48. The number of aromatic hydroxyl groups is 1. The van der Waals surface area contributed by atoms with Crippen LogP contribution in [0.4, 0.5) is 0 Å². The number of hydrogen-bond donors (Lipinski definition) is 1. The highest BCUT2D eigenvalue weighted by molar-refractivity contribution is 9.10. The van der Waals surface area contributed by atoms with Gasteiger partial charge in [0, 0.05) is 15.6 Å². The lowest BCUT2D eigenvalue weighted by atomic mass is 10.00. The van der Waals surface area contributed by atoms with Gasteiger partial charge in [0.2, 0.25) is 0 Å². The normalized spacial score (nSPS) is 10.4. The third-order valence-corrected chi connectivity index (χ3v) is 3.44. The lowest BCUT2D eigenvalue weighted by Gasteiger charge is -2.11. The van der Waals surface area contributed by atoms with E-state index >= 15 is 0 Å². The van der Waals surface area contributed by atoms with Crippen molar-refractivity contribution in [2.75, 3.05) is 0 Å². The molecule has 3 heteroatoms. The molecule has 0 heterocycles. The van der Waals surface area contributed by atoms with E-state index in [-0.39, 0.29) is 5.75 Å². The number of benzene rings is 2. The summed E-state index contributed by atoms with van der Waals surface area (Å²) in [5, 5.41) is 10.3. The van der Waals surface area contributed by atoms with Gasteiger partial charge in [0.25, 0.3) is 0 Å². The zero-order valence-electron chi connectivity index (χ0n) is 8.67. The second-order valence-corrected chi connectivity index (χ2v) is 4.83. The molecule has 0 unspecified atom stereocenters. The molecule has 2 aromatic rings. The van der Waals surface area contributed by atoms with Crippen molar-refractivity contribution in [1.82, 2.24) is 0 Å². The predicted molar refractivity (Wildman–Crippen MR) is 71.0 cm³/mol. The van der Waals surface area contributed by atoms with Crippen molar-refractivity contribution in [3.63, 3.8) is 0 Å². The van der Waals surface area contributed by atoms with E-state index < -0.39 is 0 Å². The van der Waals surface area contributed by atoms with Crippen LogP contribution in [0.1, 0.15) is 5.56 Å². The maximum Gasteiger partial charge on any atom is 0.142 e. The molecule has 0 saturated carbocycles. The van der Waals surface area contributed by atoms with E-state index in [0.717, 1.165) is 21.2 Å². The van der Waals surface area contributed by atoms with Crippen LogP contribution in [0.3, 0.4) is 0 Å². The Hall–Kier alpha value is -0.990. The molecule has 0 spiro atoms. The zero-order chi connectivity index (χ0) is 11.7. The van der Waals surface area contributed by atoms with Gasteiger partial charge in [-0.1, -0.05) is 51.8 Å². The Morgan fingerprint density at radius 3 is 2.50 bits per heavy atom. The Labute approximate surface area is 108 Å². The summed E-state index contributed by atoms with van der Waals surface area (Å²) in [7, 11) is 0. The van der Waals surface area contributed by atoms with Gasteiger partial charge >= 0.3 is 0 Å². The van der Waals surface area contributed by atoms with Gasteiger partial charge in [-0.05, 0) is 24.6 Å². The molecule has 0 aliphatic heterocycles. The van der Waals surface area contributed by atoms with Crippen molar-refractivity contribution in [3.8, 4) is 16.9 Å². The van der Waals surface area contributed by atoms with E-state index in [2.05, 4.69) is 15.9 Å². The summed E-state index contributed by atoms with van der Waals surface area (Å²) >= 11 is 9.39. The molecule has 0 radical (unpaired) electrons. The Bertz CT molecular complexity index is 517. The lowest BCUT2D eigenvalue weighted by molar-refractivity contribution is 0.477.